The number of hydrogen-bond donors (Lipinski definition) is 5. The van der Waals surface area contributed by atoms with Crippen molar-refractivity contribution in [3.8, 4) is 0 Å². The van der Waals surface area contributed by atoms with Crippen molar-refractivity contribution in [2.45, 2.75) is 58.3 Å². The van der Waals surface area contributed by atoms with E-state index >= 15 is 0 Å². The van der Waals surface area contributed by atoms with E-state index in [1.165, 1.54) is 18.0 Å². The molecule has 0 aliphatic carbocycles. The molecule has 202 valence electrons. The average molecular weight is 515 g/mol. The molecular weight excluding hydrogens is 476 g/mol. The normalized spacial score (nSPS) is 15.4. The number of hydroxylamine groups is 1. The van der Waals surface area contributed by atoms with Crippen molar-refractivity contribution in [1.29, 1.82) is 0 Å². The number of rotatable bonds is 12. The fraction of sp³-hybridized carbons (Fsp3) is 0.538. The van der Waals surface area contributed by atoms with E-state index in [1.54, 1.807) is 5.48 Å². The van der Waals surface area contributed by atoms with Gasteiger partial charge in [-0.2, -0.15) is 0 Å². The second kappa shape index (κ2) is 13.4. The predicted octanol–water partition coefficient (Wildman–Crippen LogP) is 1.96. The van der Waals surface area contributed by atoms with E-state index in [0.717, 1.165) is 44.6 Å². The summed E-state index contributed by atoms with van der Waals surface area (Å²) in [5, 5.41) is 24.7. The van der Waals surface area contributed by atoms with Gasteiger partial charge in [0.15, 0.2) is 0 Å². The predicted molar refractivity (Wildman–Crippen MR) is 138 cm³/mol. The summed E-state index contributed by atoms with van der Waals surface area (Å²) in [6.07, 6.45) is 4.86. The molecule has 1 aliphatic rings. The molecule has 37 heavy (non-hydrogen) atoms. The summed E-state index contributed by atoms with van der Waals surface area (Å²) in [5.41, 5.74) is 3.60. The standard InChI is InChI=1S/C26H38N6O5/c1-26(2,3)37-17-22(24(34)35)28-14-19-6-4-18(5-7-19)12-27-13-20-8-10-32(11-9-20)25-29-15-21(16-30-25)23(33)31-36/h4-7,15-16,20,22,27-28,36H,8-14,17H2,1-3H3,(H,31,33)(H,34,35)/t22-/m0/s1. The topological polar surface area (TPSA) is 149 Å². The number of benzene rings is 1. The lowest BCUT2D eigenvalue weighted by molar-refractivity contribution is -0.142. The highest BCUT2D eigenvalue weighted by Gasteiger charge is 2.22. The Morgan fingerprint density at radius 2 is 1.68 bits per heavy atom. The van der Waals surface area contributed by atoms with Crippen molar-refractivity contribution in [3.05, 3.63) is 53.3 Å². The molecular formula is C26H38N6O5. The van der Waals surface area contributed by atoms with Crippen LogP contribution in [0.4, 0.5) is 5.95 Å². The van der Waals surface area contributed by atoms with Crippen molar-refractivity contribution >= 4 is 17.8 Å². The Kier molecular flexibility index (Phi) is 10.3. The van der Waals surface area contributed by atoms with E-state index in [1.807, 2.05) is 32.9 Å². The van der Waals surface area contributed by atoms with Crippen LogP contribution in [0.15, 0.2) is 36.7 Å². The van der Waals surface area contributed by atoms with Gasteiger partial charge in [0.1, 0.15) is 6.04 Å². The Morgan fingerprint density at radius 3 is 2.22 bits per heavy atom. The number of nitrogens with one attached hydrogen (secondary N) is 3. The molecule has 2 heterocycles. The van der Waals surface area contributed by atoms with Crippen LogP contribution in [0.1, 0.15) is 55.1 Å². The fourth-order valence-electron chi connectivity index (χ4n) is 3.99. The van der Waals surface area contributed by atoms with E-state index in [9.17, 15) is 14.7 Å². The first-order chi connectivity index (χ1) is 17.6. The van der Waals surface area contributed by atoms with Crippen LogP contribution in [0, 0.1) is 5.92 Å². The van der Waals surface area contributed by atoms with E-state index in [0.29, 0.717) is 18.4 Å². The molecule has 0 spiro atoms. The van der Waals surface area contributed by atoms with Crippen molar-refractivity contribution in [3.63, 3.8) is 0 Å². The first-order valence-electron chi connectivity index (χ1n) is 12.5. The van der Waals surface area contributed by atoms with Crippen LogP contribution in [0.25, 0.3) is 0 Å². The monoisotopic (exact) mass is 514 g/mol. The zero-order chi connectivity index (χ0) is 26.8. The minimum Gasteiger partial charge on any atom is -0.480 e. The summed E-state index contributed by atoms with van der Waals surface area (Å²) >= 11 is 0. The minimum atomic E-state index is -0.923. The highest BCUT2D eigenvalue weighted by atomic mass is 16.5. The van der Waals surface area contributed by atoms with Crippen LogP contribution in [0.5, 0.6) is 0 Å². The van der Waals surface area contributed by atoms with E-state index in [-0.39, 0.29) is 17.8 Å². The first kappa shape index (κ1) is 28.5. The maximum absolute atomic E-state index is 11.5. The van der Waals surface area contributed by atoms with Crippen LogP contribution >= 0.6 is 0 Å². The van der Waals surface area contributed by atoms with Crippen molar-refractivity contribution in [1.82, 2.24) is 26.1 Å². The molecule has 3 rings (SSSR count). The summed E-state index contributed by atoms with van der Waals surface area (Å²) in [6.45, 7) is 9.65. The number of carbonyl (C=O) groups excluding carboxylic acids is 1. The van der Waals surface area contributed by atoms with Gasteiger partial charge in [-0.15, -0.1) is 0 Å². The lowest BCUT2D eigenvalue weighted by Gasteiger charge is -2.32. The highest BCUT2D eigenvalue weighted by Crippen LogP contribution is 2.20. The molecule has 2 aromatic rings. The third-order valence-corrected chi connectivity index (χ3v) is 6.22. The molecule has 5 N–H and O–H groups in total. The number of aromatic nitrogens is 2. The lowest BCUT2D eigenvalue weighted by atomic mass is 9.97. The second-order valence-electron chi connectivity index (χ2n) is 10.3. The summed E-state index contributed by atoms with van der Waals surface area (Å²) in [7, 11) is 0. The maximum atomic E-state index is 11.5. The van der Waals surface area contributed by atoms with Crippen molar-refractivity contribution in [2.75, 3.05) is 31.1 Å². The van der Waals surface area contributed by atoms with Crippen molar-refractivity contribution < 1.29 is 24.6 Å². The molecule has 1 fully saturated rings. The number of hydrogen-bond acceptors (Lipinski definition) is 9. The zero-order valence-corrected chi connectivity index (χ0v) is 21.7. The Bertz CT molecular complexity index is 1000. The molecule has 1 atom stereocenters. The average Bonchev–Trinajstić information content (AvgIpc) is 2.88. The SMILES string of the molecule is CC(C)(C)OC[C@H](NCc1ccc(CNCC2CCN(c3ncc(C(=O)NO)cn3)CC2)cc1)C(=O)O. The molecule has 0 radical (unpaired) electrons. The number of aliphatic carboxylic acids is 1. The molecule has 1 aromatic carbocycles. The van der Waals surface area contributed by atoms with E-state index in [4.69, 9.17) is 9.94 Å². The van der Waals surface area contributed by atoms with Gasteiger partial charge in [0.2, 0.25) is 5.95 Å². The number of ether oxygens (including phenoxy) is 1. The van der Waals surface area contributed by atoms with E-state index < -0.39 is 17.9 Å². The Morgan fingerprint density at radius 1 is 1.08 bits per heavy atom. The van der Waals surface area contributed by atoms with E-state index in [2.05, 4.69) is 37.6 Å². The molecule has 1 aliphatic heterocycles. The number of nitrogens with zero attached hydrogens (tertiary/aromatic N) is 3. The Hall–Kier alpha value is -3.12. The van der Waals surface area contributed by atoms with Crippen LogP contribution in [0.3, 0.4) is 0 Å². The third-order valence-electron chi connectivity index (χ3n) is 6.22. The quantitative estimate of drug-likeness (QED) is 0.210. The number of carboxylic acids is 1. The van der Waals surface area contributed by atoms with Crippen molar-refractivity contribution in [2.24, 2.45) is 5.92 Å². The second-order valence-corrected chi connectivity index (χ2v) is 10.3. The molecule has 1 saturated heterocycles. The molecule has 0 bridgehead atoms. The van der Waals surface area contributed by atoms with Gasteiger partial charge in [0.25, 0.3) is 5.91 Å². The largest absolute Gasteiger partial charge is 0.480 e. The van der Waals surface area contributed by atoms with Crippen LogP contribution in [-0.4, -0.2) is 70.0 Å². The number of piperidine rings is 1. The van der Waals surface area contributed by atoms with Gasteiger partial charge in [0, 0.05) is 38.6 Å². The van der Waals surface area contributed by atoms with Gasteiger partial charge in [-0.05, 0) is 57.2 Å². The Balaban J connectivity index is 1.36. The molecule has 0 saturated carbocycles. The van der Waals surface area contributed by atoms with Crippen LogP contribution < -0.4 is 21.0 Å². The molecule has 11 heteroatoms. The summed E-state index contributed by atoms with van der Waals surface area (Å²) < 4.78 is 5.62. The number of anilines is 1. The Labute approximate surface area is 217 Å². The first-order valence-corrected chi connectivity index (χ1v) is 12.5. The lowest BCUT2D eigenvalue weighted by Crippen LogP contribution is -2.42. The van der Waals surface area contributed by atoms with Crippen LogP contribution in [0.2, 0.25) is 0 Å². The highest BCUT2D eigenvalue weighted by molar-refractivity contribution is 5.92. The molecule has 0 unspecified atom stereocenters. The van der Waals surface area contributed by atoms with Crippen LogP contribution in [-0.2, 0) is 22.6 Å². The summed E-state index contributed by atoms with van der Waals surface area (Å²) in [6, 6.07) is 7.40. The zero-order valence-electron chi connectivity index (χ0n) is 21.7. The van der Waals surface area contributed by atoms with Gasteiger partial charge in [-0.25, -0.2) is 15.4 Å². The number of amides is 1. The smallest absolute Gasteiger partial charge is 0.323 e. The fourth-order valence-corrected chi connectivity index (χ4v) is 3.99. The molecule has 1 amide bonds. The molecule has 11 nitrogen and oxygen atoms in total. The van der Waals surface area contributed by atoms with Gasteiger partial charge in [-0.3, -0.25) is 20.1 Å². The minimum absolute atomic E-state index is 0.114. The number of carboxylic acid groups (broad SMARTS) is 1. The van der Waals surface area contributed by atoms with Gasteiger partial charge < -0.3 is 20.1 Å². The van der Waals surface area contributed by atoms with Gasteiger partial charge >= 0.3 is 5.97 Å². The summed E-state index contributed by atoms with van der Waals surface area (Å²) in [5.74, 6) is -0.404. The van der Waals surface area contributed by atoms with Gasteiger partial charge in [0.05, 0.1) is 17.8 Å². The van der Waals surface area contributed by atoms with Gasteiger partial charge in [-0.1, -0.05) is 24.3 Å². The maximum Gasteiger partial charge on any atom is 0.323 e. The number of carbonyl (C=O) groups is 2. The third kappa shape index (κ3) is 9.36. The summed E-state index contributed by atoms with van der Waals surface area (Å²) in [4.78, 5) is 33.5. The molecule has 1 aromatic heterocycles.